The molecule has 0 saturated heterocycles. The molecule has 12 heteroatoms. The summed E-state index contributed by atoms with van der Waals surface area (Å²) in [6.07, 6.45) is 1.55. The number of amides is 3. The number of urea groups is 1. The molecule has 0 saturated carbocycles. The second kappa shape index (κ2) is 16.4. The number of rotatable bonds is 8. The van der Waals surface area contributed by atoms with Crippen molar-refractivity contribution in [2.75, 3.05) is 38.7 Å². The summed E-state index contributed by atoms with van der Waals surface area (Å²) in [4.78, 5) is 28.4. The van der Waals surface area contributed by atoms with Crippen molar-refractivity contribution in [3.8, 4) is 5.75 Å². The first-order valence-corrected chi connectivity index (χ1v) is 17.1. The number of nitrogens with one attached hydrogen (secondary N) is 2. The third-order valence-corrected chi connectivity index (χ3v) is 9.73. The zero-order valence-electron chi connectivity index (χ0n) is 27.6. The van der Waals surface area contributed by atoms with E-state index in [-0.39, 0.29) is 54.1 Å². The maximum Gasteiger partial charge on any atom is 0.319 e. The van der Waals surface area contributed by atoms with Gasteiger partial charge in [0.1, 0.15) is 5.75 Å². The number of fused-ring (bicyclic) bond motifs is 1. The van der Waals surface area contributed by atoms with Crippen molar-refractivity contribution in [2.24, 2.45) is 5.92 Å². The van der Waals surface area contributed by atoms with Crippen LogP contribution in [0.3, 0.4) is 0 Å². The summed E-state index contributed by atoms with van der Waals surface area (Å²) >= 11 is 0. The summed E-state index contributed by atoms with van der Waals surface area (Å²) in [5, 5.41) is 15.7. The van der Waals surface area contributed by atoms with Crippen LogP contribution in [0, 0.1) is 12.8 Å². The van der Waals surface area contributed by atoms with Crippen LogP contribution in [-0.4, -0.2) is 92.3 Å². The van der Waals surface area contributed by atoms with E-state index in [1.165, 1.54) is 11.4 Å². The Labute approximate surface area is 268 Å². The largest absolute Gasteiger partial charge is 0.490 e. The van der Waals surface area contributed by atoms with Crippen LogP contribution in [0.5, 0.6) is 5.75 Å². The molecule has 0 fully saturated rings. The molecule has 0 unspecified atom stereocenters. The molecule has 2 aromatic rings. The van der Waals surface area contributed by atoms with E-state index in [0.29, 0.717) is 24.5 Å². The molecule has 2 aromatic carbocycles. The fourth-order valence-corrected chi connectivity index (χ4v) is 6.32. The fourth-order valence-electron chi connectivity index (χ4n) is 5.13. The summed E-state index contributed by atoms with van der Waals surface area (Å²) in [6.45, 7) is 11.6. The van der Waals surface area contributed by atoms with E-state index >= 15 is 0 Å². The van der Waals surface area contributed by atoms with Crippen molar-refractivity contribution in [1.82, 2.24) is 14.5 Å². The SMILES string of the molecule is Cc1ccc(S(=O)(=O)N(C)C[C@@H]2OCCCC[C@H](C)Oc3ccc(NC(=O)NC(C)C)cc3C(=O)N([C@H](C)CO)C[C@@H]2C)cc1. The zero-order valence-corrected chi connectivity index (χ0v) is 28.4. The molecule has 3 rings (SSSR count). The molecular weight excluding hydrogens is 596 g/mol. The van der Waals surface area contributed by atoms with Crippen LogP contribution >= 0.6 is 0 Å². The number of aliphatic hydroxyl groups is 1. The first-order valence-electron chi connectivity index (χ1n) is 15.7. The van der Waals surface area contributed by atoms with Crippen LogP contribution in [0.15, 0.2) is 47.4 Å². The molecule has 0 radical (unpaired) electrons. The topological polar surface area (TPSA) is 138 Å². The van der Waals surface area contributed by atoms with E-state index in [2.05, 4.69) is 10.6 Å². The van der Waals surface area contributed by atoms with Gasteiger partial charge in [-0.15, -0.1) is 0 Å². The first kappa shape index (κ1) is 36.3. The molecule has 0 spiro atoms. The molecule has 3 amide bonds. The Balaban J connectivity index is 1.96. The number of carbonyl (C=O) groups is 2. The van der Waals surface area contributed by atoms with Crippen LogP contribution < -0.4 is 15.4 Å². The number of anilines is 1. The average Bonchev–Trinajstić information content (AvgIpc) is 2.98. The van der Waals surface area contributed by atoms with Crippen LogP contribution in [0.1, 0.15) is 69.8 Å². The fraction of sp³-hybridized carbons (Fsp3) is 0.576. The van der Waals surface area contributed by atoms with Crippen LogP contribution in [0.4, 0.5) is 10.5 Å². The van der Waals surface area contributed by atoms with Gasteiger partial charge in [0.05, 0.1) is 35.3 Å². The monoisotopic (exact) mass is 646 g/mol. The molecule has 0 bridgehead atoms. The quantitative estimate of drug-likeness (QED) is 0.380. The van der Waals surface area contributed by atoms with Gasteiger partial charge >= 0.3 is 6.03 Å². The minimum absolute atomic E-state index is 0.0726. The van der Waals surface area contributed by atoms with Crippen molar-refractivity contribution < 1.29 is 32.6 Å². The third-order valence-electron chi connectivity index (χ3n) is 7.90. The number of hydrogen-bond donors (Lipinski definition) is 3. The van der Waals surface area contributed by atoms with Gasteiger partial charge in [0.2, 0.25) is 10.0 Å². The predicted octanol–water partition coefficient (Wildman–Crippen LogP) is 4.64. The van der Waals surface area contributed by atoms with Gasteiger partial charge in [-0.2, -0.15) is 4.31 Å². The Hall–Kier alpha value is -3.19. The highest BCUT2D eigenvalue weighted by Crippen LogP contribution is 2.29. The number of likely N-dealkylation sites (N-methyl/N-ethyl adjacent to an activating group) is 1. The Morgan fingerprint density at radius 3 is 2.44 bits per heavy atom. The smallest absolute Gasteiger partial charge is 0.319 e. The van der Waals surface area contributed by atoms with Crippen molar-refractivity contribution in [2.45, 2.75) is 90.0 Å². The average molecular weight is 647 g/mol. The lowest BCUT2D eigenvalue weighted by Crippen LogP contribution is -2.48. The molecule has 45 heavy (non-hydrogen) atoms. The molecule has 11 nitrogen and oxygen atoms in total. The third kappa shape index (κ3) is 10.2. The van der Waals surface area contributed by atoms with Gasteiger partial charge in [-0.1, -0.05) is 24.6 Å². The van der Waals surface area contributed by atoms with E-state index in [4.69, 9.17) is 9.47 Å². The highest BCUT2D eigenvalue weighted by atomic mass is 32.2. The molecule has 1 heterocycles. The predicted molar refractivity (Wildman–Crippen MR) is 175 cm³/mol. The molecule has 3 N–H and O–H groups in total. The lowest BCUT2D eigenvalue weighted by molar-refractivity contribution is -0.00833. The highest BCUT2D eigenvalue weighted by Gasteiger charge is 2.32. The summed E-state index contributed by atoms with van der Waals surface area (Å²) in [5.74, 6) is -0.295. The number of benzene rings is 2. The second-order valence-corrected chi connectivity index (χ2v) is 14.4. The number of nitrogens with zero attached hydrogens (tertiary/aromatic N) is 2. The molecule has 0 aromatic heterocycles. The Morgan fingerprint density at radius 2 is 1.80 bits per heavy atom. The summed E-state index contributed by atoms with van der Waals surface area (Å²) in [6, 6.07) is 10.7. The number of sulfonamides is 1. The van der Waals surface area contributed by atoms with Gasteiger partial charge in [0, 0.05) is 44.4 Å². The van der Waals surface area contributed by atoms with E-state index in [9.17, 15) is 23.1 Å². The van der Waals surface area contributed by atoms with E-state index in [1.54, 1.807) is 54.3 Å². The van der Waals surface area contributed by atoms with Gasteiger partial charge in [-0.05, 0) is 84.2 Å². The van der Waals surface area contributed by atoms with E-state index in [0.717, 1.165) is 18.4 Å². The minimum atomic E-state index is -3.78. The van der Waals surface area contributed by atoms with Gasteiger partial charge < -0.3 is 30.1 Å². The minimum Gasteiger partial charge on any atom is -0.490 e. The summed E-state index contributed by atoms with van der Waals surface area (Å²) in [7, 11) is -2.24. The number of aryl methyl sites for hydroxylation is 1. The number of hydrogen-bond acceptors (Lipinski definition) is 7. The maximum absolute atomic E-state index is 14.2. The Morgan fingerprint density at radius 1 is 1.11 bits per heavy atom. The first-order chi connectivity index (χ1) is 21.2. The molecule has 1 aliphatic heterocycles. The van der Waals surface area contributed by atoms with E-state index < -0.39 is 28.2 Å². The van der Waals surface area contributed by atoms with Crippen molar-refractivity contribution in [3.05, 3.63) is 53.6 Å². The Kier molecular flexibility index (Phi) is 13.2. The van der Waals surface area contributed by atoms with Crippen molar-refractivity contribution >= 4 is 27.6 Å². The molecule has 0 aliphatic carbocycles. The second-order valence-electron chi connectivity index (χ2n) is 12.4. The van der Waals surface area contributed by atoms with Gasteiger partial charge in [0.25, 0.3) is 5.91 Å². The molecule has 1 aliphatic rings. The van der Waals surface area contributed by atoms with E-state index in [1.807, 2.05) is 34.6 Å². The number of carbonyl (C=O) groups excluding carboxylic acids is 2. The highest BCUT2D eigenvalue weighted by molar-refractivity contribution is 7.89. The van der Waals surface area contributed by atoms with Crippen molar-refractivity contribution in [3.63, 3.8) is 0 Å². The van der Waals surface area contributed by atoms with Gasteiger partial charge in [-0.25, -0.2) is 13.2 Å². The molecular formula is C33H50N4O7S. The lowest BCUT2D eigenvalue weighted by Gasteiger charge is -2.35. The molecule has 250 valence electrons. The summed E-state index contributed by atoms with van der Waals surface area (Å²) in [5.41, 5.74) is 1.64. The van der Waals surface area contributed by atoms with Crippen LogP contribution in [0.25, 0.3) is 0 Å². The Bertz CT molecular complexity index is 1380. The number of aliphatic hydroxyl groups excluding tert-OH is 1. The summed E-state index contributed by atoms with van der Waals surface area (Å²) < 4.78 is 40.7. The van der Waals surface area contributed by atoms with Gasteiger partial charge in [0.15, 0.2) is 0 Å². The van der Waals surface area contributed by atoms with Crippen LogP contribution in [-0.2, 0) is 14.8 Å². The number of ether oxygens (including phenoxy) is 2. The molecule has 4 atom stereocenters. The standard InChI is InChI=1S/C33H50N4O7S/c1-22(2)34-33(40)35-27-13-16-30-29(18-27)32(39)37(25(5)21-38)19-24(4)31(43-17-9-8-10-26(6)44-30)20-36(7)45(41,42)28-14-11-23(3)12-15-28/h11-16,18,22,24-26,31,38H,8-10,17,19-21H2,1-7H3,(H2,34,35,40)/t24-,25+,26-,31-/m0/s1. The maximum atomic E-state index is 14.2. The zero-order chi connectivity index (χ0) is 33.3. The van der Waals surface area contributed by atoms with Crippen LogP contribution in [0.2, 0.25) is 0 Å². The van der Waals surface area contributed by atoms with Gasteiger partial charge in [-0.3, -0.25) is 4.79 Å². The van der Waals surface area contributed by atoms with Crippen molar-refractivity contribution in [1.29, 1.82) is 0 Å². The normalized spacial score (nSPS) is 21.1. The lowest BCUT2D eigenvalue weighted by atomic mass is 10.0.